The van der Waals surface area contributed by atoms with E-state index in [0.29, 0.717) is 31.0 Å². The SMILES string of the molecule is CCOC(=O)CCN(CC1CCCN1CC)C(=O)C1CC2CCCC(C1)C2N. The fraction of sp³-hybridized carbons (Fsp3) is 0.909. The Morgan fingerprint density at radius 3 is 2.46 bits per heavy atom. The highest BCUT2D eigenvalue weighted by Gasteiger charge is 2.42. The molecule has 2 N–H and O–H groups in total. The molecule has 1 amide bonds. The van der Waals surface area contributed by atoms with Gasteiger partial charge in [0.25, 0.3) is 0 Å². The maximum Gasteiger partial charge on any atom is 0.307 e. The number of carbonyl (C=O) groups excluding carboxylic acids is 2. The molecule has 3 rings (SSSR count). The summed E-state index contributed by atoms with van der Waals surface area (Å²) < 4.78 is 5.10. The van der Waals surface area contributed by atoms with Crippen LogP contribution in [-0.4, -0.2) is 66.5 Å². The van der Waals surface area contributed by atoms with Gasteiger partial charge >= 0.3 is 5.97 Å². The van der Waals surface area contributed by atoms with Crippen molar-refractivity contribution in [1.29, 1.82) is 0 Å². The minimum Gasteiger partial charge on any atom is -0.466 e. The van der Waals surface area contributed by atoms with Crippen LogP contribution in [0.4, 0.5) is 0 Å². The second kappa shape index (κ2) is 10.1. The third-order valence-electron chi connectivity index (χ3n) is 7.30. The molecule has 3 aliphatic rings. The molecule has 6 nitrogen and oxygen atoms in total. The molecule has 1 saturated heterocycles. The fourth-order valence-electron chi connectivity index (χ4n) is 5.77. The molecule has 160 valence electrons. The predicted octanol–water partition coefficient (Wildman–Crippen LogP) is 2.41. The molecule has 1 heterocycles. The van der Waals surface area contributed by atoms with E-state index >= 15 is 0 Å². The average Bonchev–Trinajstić information content (AvgIpc) is 3.11. The van der Waals surface area contributed by atoms with Crippen molar-refractivity contribution in [3.8, 4) is 0 Å². The van der Waals surface area contributed by atoms with Gasteiger partial charge in [0.15, 0.2) is 0 Å². The molecule has 3 unspecified atom stereocenters. The molecule has 1 aliphatic heterocycles. The number of rotatable bonds is 8. The van der Waals surface area contributed by atoms with Crippen molar-refractivity contribution in [2.24, 2.45) is 23.5 Å². The first-order valence-electron chi connectivity index (χ1n) is 11.5. The largest absolute Gasteiger partial charge is 0.466 e. The van der Waals surface area contributed by atoms with Crippen molar-refractivity contribution in [3.05, 3.63) is 0 Å². The normalized spacial score (nSPS) is 32.9. The zero-order valence-corrected chi connectivity index (χ0v) is 17.8. The van der Waals surface area contributed by atoms with Crippen LogP contribution in [0.3, 0.4) is 0 Å². The topological polar surface area (TPSA) is 75.9 Å². The zero-order chi connectivity index (χ0) is 20.1. The van der Waals surface area contributed by atoms with E-state index in [1.165, 1.54) is 12.8 Å². The second-order valence-corrected chi connectivity index (χ2v) is 8.96. The molecule has 6 heteroatoms. The van der Waals surface area contributed by atoms with Crippen LogP contribution in [0, 0.1) is 17.8 Å². The Labute approximate surface area is 170 Å². The molecule has 0 radical (unpaired) electrons. The third kappa shape index (κ3) is 5.07. The zero-order valence-electron chi connectivity index (χ0n) is 17.8. The molecule has 3 atom stereocenters. The highest BCUT2D eigenvalue weighted by molar-refractivity contribution is 5.80. The lowest BCUT2D eigenvalue weighted by molar-refractivity contribution is -0.145. The molecule has 0 aromatic heterocycles. The number of ether oxygens (including phenoxy) is 1. The first-order chi connectivity index (χ1) is 13.5. The summed E-state index contributed by atoms with van der Waals surface area (Å²) in [6, 6.07) is 0.692. The molecule has 2 bridgehead atoms. The summed E-state index contributed by atoms with van der Waals surface area (Å²) in [5, 5.41) is 0. The number of hydrogen-bond acceptors (Lipinski definition) is 5. The van der Waals surface area contributed by atoms with Gasteiger partial charge in [-0.3, -0.25) is 14.5 Å². The fourth-order valence-corrected chi connectivity index (χ4v) is 5.77. The number of esters is 1. The van der Waals surface area contributed by atoms with Crippen LogP contribution >= 0.6 is 0 Å². The van der Waals surface area contributed by atoms with Gasteiger partial charge in [-0.2, -0.15) is 0 Å². The van der Waals surface area contributed by atoms with E-state index < -0.39 is 0 Å². The minimum atomic E-state index is -0.207. The van der Waals surface area contributed by atoms with Gasteiger partial charge in [0.2, 0.25) is 5.91 Å². The molecular formula is C22H39N3O3. The summed E-state index contributed by atoms with van der Waals surface area (Å²) >= 11 is 0. The van der Waals surface area contributed by atoms with E-state index in [-0.39, 0.29) is 30.3 Å². The number of fused-ring (bicyclic) bond motifs is 2. The monoisotopic (exact) mass is 393 g/mol. The summed E-state index contributed by atoms with van der Waals surface area (Å²) in [4.78, 5) is 29.9. The minimum absolute atomic E-state index is 0.0776. The van der Waals surface area contributed by atoms with E-state index in [2.05, 4.69) is 11.8 Å². The van der Waals surface area contributed by atoms with Gasteiger partial charge in [0.1, 0.15) is 0 Å². The first-order valence-corrected chi connectivity index (χ1v) is 11.5. The van der Waals surface area contributed by atoms with Gasteiger partial charge in [-0.1, -0.05) is 13.3 Å². The highest BCUT2D eigenvalue weighted by Crippen LogP contribution is 2.42. The molecule has 28 heavy (non-hydrogen) atoms. The number of likely N-dealkylation sites (tertiary alicyclic amines) is 1. The van der Waals surface area contributed by atoms with E-state index in [4.69, 9.17) is 10.5 Å². The summed E-state index contributed by atoms with van der Waals surface area (Å²) in [5.41, 5.74) is 6.43. The Hall–Kier alpha value is -1.14. The molecular weight excluding hydrogens is 354 g/mol. The standard InChI is InChI=1S/C22H39N3O3/c1-3-24-11-6-9-19(24)15-25(12-10-20(26)28-4-2)22(27)18-13-16-7-5-8-17(14-18)21(16)23/h16-19,21H,3-15,23H2,1-2H3. The summed E-state index contributed by atoms with van der Waals surface area (Å²) in [5.74, 6) is 1.10. The number of nitrogens with two attached hydrogens (primary N) is 1. The average molecular weight is 394 g/mol. The van der Waals surface area contributed by atoms with Gasteiger partial charge in [0.05, 0.1) is 13.0 Å². The van der Waals surface area contributed by atoms with Crippen molar-refractivity contribution >= 4 is 11.9 Å². The highest BCUT2D eigenvalue weighted by atomic mass is 16.5. The molecule has 2 aliphatic carbocycles. The smallest absolute Gasteiger partial charge is 0.307 e. The molecule has 3 fully saturated rings. The number of likely N-dealkylation sites (N-methyl/N-ethyl adjacent to an activating group) is 1. The Balaban J connectivity index is 1.66. The van der Waals surface area contributed by atoms with Crippen molar-refractivity contribution in [3.63, 3.8) is 0 Å². The maximum atomic E-state index is 13.5. The van der Waals surface area contributed by atoms with E-state index in [0.717, 1.165) is 51.7 Å². The van der Waals surface area contributed by atoms with E-state index in [1.54, 1.807) is 0 Å². The van der Waals surface area contributed by atoms with Crippen LogP contribution in [0.15, 0.2) is 0 Å². The van der Waals surface area contributed by atoms with Gasteiger partial charge in [-0.05, 0) is 70.4 Å². The van der Waals surface area contributed by atoms with Crippen LogP contribution < -0.4 is 5.73 Å². The van der Waals surface area contributed by atoms with Gasteiger partial charge in [-0.25, -0.2) is 0 Å². The van der Waals surface area contributed by atoms with Crippen molar-refractivity contribution in [2.45, 2.75) is 77.3 Å². The Kier molecular flexibility index (Phi) is 7.75. The third-order valence-corrected chi connectivity index (χ3v) is 7.30. The molecule has 0 aromatic carbocycles. The maximum absolute atomic E-state index is 13.5. The lowest BCUT2D eigenvalue weighted by Crippen LogP contribution is -2.51. The predicted molar refractivity (Wildman–Crippen MR) is 110 cm³/mol. The summed E-state index contributed by atoms with van der Waals surface area (Å²) in [7, 11) is 0. The van der Waals surface area contributed by atoms with Gasteiger partial charge in [-0.15, -0.1) is 0 Å². The number of carbonyl (C=O) groups is 2. The quantitative estimate of drug-likeness (QED) is 0.641. The molecule has 0 spiro atoms. The Morgan fingerprint density at radius 1 is 1.11 bits per heavy atom. The Bertz CT molecular complexity index is 527. The van der Waals surface area contributed by atoms with Gasteiger partial charge in [0, 0.05) is 31.1 Å². The lowest BCUT2D eigenvalue weighted by atomic mass is 9.65. The van der Waals surface area contributed by atoms with Crippen LogP contribution in [0.1, 0.15) is 65.2 Å². The molecule has 2 saturated carbocycles. The van der Waals surface area contributed by atoms with Crippen molar-refractivity contribution in [1.82, 2.24) is 9.80 Å². The van der Waals surface area contributed by atoms with E-state index in [1.807, 2.05) is 11.8 Å². The van der Waals surface area contributed by atoms with E-state index in [9.17, 15) is 9.59 Å². The second-order valence-electron chi connectivity index (χ2n) is 8.96. The van der Waals surface area contributed by atoms with Crippen LogP contribution in [-0.2, 0) is 14.3 Å². The van der Waals surface area contributed by atoms with Crippen molar-refractivity contribution < 1.29 is 14.3 Å². The summed E-state index contributed by atoms with van der Waals surface area (Å²) in [6.45, 7) is 7.75. The van der Waals surface area contributed by atoms with Crippen LogP contribution in [0.25, 0.3) is 0 Å². The van der Waals surface area contributed by atoms with Crippen LogP contribution in [0.2, 0.25) is 0 Å². The first kappa shape index (κ1) is 21.6. The lowest BCUT2D eigenvalue weighted by Gasteiger charge is -2.44. The number of hydrogen-bond donors (Lipinski definition) is 1. The van der Waals surface area contributed by atoms with Gasteiger partial charge < -0.3 is 15.4 Å². The van der Waals surface area contributed by atoms with Crippen molar-refractivity contribution in [2.75, 3.05) is 32.8 Å². The number of amides is 1. The number of nitrogens with zero attached hydrogens (tertiary/aromatic N) is 2. The summed E-state index contributed by atoms with van der Waals surface area (Å²) in [6.07, 6.45) is 8.05. The Morgan fingerprint density at radius 2 is 1.82 bits per heavy atom. The van der Waals surface area contributed by atoms with Crippen LogP contribution in [0.5, 0.6) is 0 Å². The molecule has 0 aromatic rings.